The molecule has 1 aromatic carbocycles. The van der Waals surface area contributed by atoms with Gasteiger partial charge in [0.25, 0.3) is 5.91 Å². The van der Waals surface area contributed by atoms with Gasteiger partial charge < -0.3 is 10.4 Å². The van der Waals surface area contributed by atoms with Crippen molar-refractivity contribution in [1.29, 1.82) is 0 Å². The van der Waals surface area contributed by atoms with Crippen molar-refractivity contribution < 1.29 is 14.3 Å². The highest BCUT2D eigenvalue weighted by atomic mass is 35.5. The number of hydrogen-bond acceptors (Lipinski definition) is 3. The Bertz CT molecular complexity index is 718. The van der Waals surface area contributed by atoms with Crippen LogP contribution in [0.1, 0.15) is 21.7 Å². The zero-order valence-electron chi connectivity index (χ0n) is 10.8. The van der Waals surface area contributed by atoms with E-state index in [1.807, 2.05) is 0 Å². The first kappa shape index (κ1) is 15.5. The van der Waals surface area contributed by atoms with Crippen molar-refractivity contribution in [3.63, 3.8) is 0 Å². The summed E-state index contributed by atoms with van der Waals surface area (Å²) in [7, 11) is 0. The third-order valence-corrected chi connectivity index (χ3v) is 3.71. The van der Waals surface area contributed by atoms with Gasteiger partial charge in [0.05, 0.1) is 11.6 Å². The summed E-state index contributed by atoms with van der Waals surface area (Å²) in [6.45, 7) is -0.0211. The van der Waals surface area contributed by atoms with Crippen LogP contribution in [0.2, 0.25) is 5.02 Å². The highest BCUT2D eigenvalue weighted by Gasteiger charge is 2.13. The SMILES string of the molecule is O=C(Nc1ccc(F)c(Cl)c1)c1sccc1C#CCCO. The quantitative estimate of drug-likeness (QED) is 0.849. The number of aliphatic hydroxyl groups excluding tert-OH is 1. The molecule has 0 aliphatic carbocycles. The molecular formula is C15H11ClFNO2S. The number of halogens is 2. The van der Waals surface area contributed by atoms with E-state index in [0.29, 0.717) is 22.5 Å². The molecule has 0 bridgehead atoms. The first-order valence-electron chi connectivity index (χ1n) is 6.05. The molecule has 3 nitrogen and oxygen atoms in total. The minimum atomic E-state index is -0.540. The summed E-state index contributed by atoms with van der Waals surface area (Å²) < 4.78 is 13.1. The zero-order valence-corrected chi connectivity index (χ0v) is 12.4. The molecule has 2 aromatic rings. The van der Waals surface area contributed by atoms with Crippen molar-refractivity contribution in [1.82, 2.24) is 0 Å². The van der Waals surface area contributed by atoms with Crippen LogP contribution in [-0.4, -0.2) is 17.6 Å². The van der Waals surface area contributed by atoms with Crippen molar-refractivity contribution in [2.45, 2.75) is 6.42 Å². The molecule has 108 valence electrons. The summed E-state index contributed by atoms with van der Waals surface area (Å²) in [5, 5.41) is 13.0. The number of carbonyl (C=O) groups is 1. The van der Waals surface area contributed by atoms with Gasteiger partial charge in [-0.25, -0.2) is 4.39 Å². The average molecular weight is 324 g/mol. The number of aliphatic hydroxyl groups is 1. The topological polar surface area (TPSA) is 49.3 Å². The molecule has 0 atom stereocenters. The van der Waals surface area contributed by atoms with Gasteiger partial charge in [0.1, 0.15) is 10.7 Å². The van der Waals surface area contributed by atoms with E-state index in [2.05, 4.69) is 17.2 Å². The first-order chi connectivity index (χ1) is 10.1. The van der Waals surface area contributed by atoms with Crippen LogP contribution in [0.3, 0.4) is 0 Å². The minimum Gasteiger partial charge on any atom is -0.395 e. The number of thiophene rings is 1. The summed E-state index contributed by atoms with van der Waals surface area (Å²) in [4.78, 5) is 12.6. The molecule has 0 radical (unpaired) electrons. The monoisotopic (exact) mass is 323 g/mol. The van der Waals surface area contributed by atoms with Crippen molar-refractivity contribution in [3.05, 3.63) is 50.9 Å². The Morgan fingerprint density at radius 2 is 2.24 bits per heavy atom. The molecule has 0 fully saturated rings. The highest BCUT2D eigenvalue weighted by Crippen LogP contribution is 2.22. The van der Waals surface area contributed by atoms with E-state index in [0.717, 1.165) is 0 Å². The lowest BCUT2D eigenvalue weighted by Crippen LogP contribution is -2.11. The largest absolute Gasteiger partial charge is 0.395 e. The fraction of sp³-hybridized carbons (Fsp3) is 0.133. The molecule has 0 saturated carbocycles. The predicted molar refractivity (Wildman–Crippen MR) is 82.3 cm³/mol. The molecule has 1 aromatic heterocycles. The van der Waals surface area contributed by atoms with Crippen molar-refractivity contribution in [2.75, 3.05) is 11.9 Å². The van der Waals surface area contributed by atoms with Gasteiger partial charge in [-0.1, -0.05) is 23.4 Å². The Labute approximate surface area is 130 Å². The van der Waals surface area contributed by atoms with Crippen molar-refractivity contribution in [3.8, 4) is 11.8 Å². The Morgan fingerprint density at radius 1 is 1.43 bits per heavy atom. The summed E-state index contributed by atoms with van der Waals surface area (Å²) in [6, 6.07) is 5.71. The second-order valence-electron chi connectivity index (χ2n) is 4.02. The molecule has 2 N–H and O–H groups in total. The van der Waals surface area contributed by atoms with Crippen LogP contribution in [0, 0.1) is 17.7 Å². The van der Waals surface area contributed by atoms with E-state index in [9.17, 15) is 9.18 Å². The molecule has 1 heterocycles. The molecule has 6 heteroatoms. The van der Waals surface area contributed by atoms with Crippen LogP contribution in [-0.2, 0) is 0 Å². The fourth-order valence-corrected chi connectivity index (χ4v) is 2.48. The Morgan fingerprint density at radius 3 is 2.95 bits per heavy atom. The van der Waals surface area contributed by atoms with Crippen molar-refractivity contribution >= 4 is 34.5 Å². The van der Waals surface area contributed by atoms with E-state index in [1.165, 1.54) is 29.5 Å². The maximum absolute atomic E-state index is 13.1. The fourth-order valence-electron chi connectivity index (χ4n) is 1.56. The molecule has 0 aliphatic heterocycles. The number of rotatable bonds is 3. The predicted octanol–water partition coefficient (Wildman–Crippen LogP) is 3.53. The smallest absolute Gasteiger partial charge is 0.267 e. The lowest BCUT2D eigenvalue weighted by atomic mass is 10.2. The second-order valence-corrected chi connectivity index (χ2v) is 5.35. The van der Waals surface area contributed by atoms with Gasteiger partial charge in [0.15, 0.2) is 0 Å². The zero-order chi connectivity index (χ0) is 15.2. The molecule has 0 spiro atoms. The third kappa shape index (κ3) is 4.05. The maximum Gasteiger partial charge on any atom is 0.267 e. The second kappa shape index (κ2) is 7.23. The number of amides is 1. The van der Waals surface area contributed by atoms with Gasteiger partial charge in [-0.3, -0.25) is 4.79 Å². The van der Waals surface area contributed by atoms with Crippen LogP contribution in [0.25, 0.3) is 0 Å². The summed E-state index contributed by atoms with van der Waals surface area (Å²) in [5.41, 5.74) is 1.01. The molecule has 0 aliphatic rings. The number of carbonyl (C=O) groups excluding carboxylic acids is 1. The highest BCUT2D eigenvalue weighted by molar-refractivity contribution is 7.12. The van der Waals surface area contributed by atoms with Crippen LogP contribution in [0.15, 0.2) is 29.6 Å². The van der Waals surface area contributed by atoms with Gasteiger partial charge in [0, 0.05) is 17.7 Å². The average Bonchev–Trinajstić information content (AvgIpc) is 2.92. The van der Waals surface area contributed by atoms with Gasteiger partial charge in [-0.2, -0.15) is 0 Å². The lowest BCUT2D eigenvalue weighted by molar-refractivity contribution is 0.103. The van der Waals surface area contributed by atoms with E-state index in [4.69, 9.17) is 16.7 Å². The third-order valence-electron chi connectivity index (χ3n) is 2.51. The van der Waals surface area contributed by atoms with Crippen molar-refractivity contribution in [2.24, 2.45) is 0 Å². The normalized spacial score (nSPS) is 9.86. The van der Waals surface area contributed by atoms with Gasteiger partial charge >= 0.3 is 0 Å². The Hall–Kier alpha value is -1.87. The number of hydrogen-bond donors (Lipinski definition) is 2. The number of nitrogens with one attached hydrogen (secondary N) is 1. The van der Waals surface area contributed by atoms with E-state index >= 15 is 0 Å². The molecule has 0 unspecified atom stereocenters. The van der Waals surface area contributed by atoms with Gasteiger partial charge in [0.2, 0.25) is 0 Å². The molecule has 1 amide bonds. The summed E-state index contributed by atoms with van der Waals surface area (Å²) in [5.74, 6) is 4.73. The van der Waals surface area contributed by atoms with E-state index < -0.39 is 5.82 Å². The van der Waals surface area contributed by atoms with Crippen LogP contribution in [0.4, 0.5) is 10.1 Å². The first-order valence-corrected chi connectivity index (χ1v) is 7.31. The summed E-state index contributed by atoms with van der Waals surface area (Å²) >= 11 is 6.93. The maximum atomic E-state index is 13.1. The lowest BCUT2D eigenvalue weighted by Gasteiger charge is -2.05. The number of anilines is 1. The van der Waals surface area contributed by atoms with Gasteiger partial charge in [-0.05, 0) is 29.6 Å². The summed E-state index contributed by atoms with van der Waals surface area (Å²) in [6.07, 6.45) is 0.352. The molecule has 21 heavy (non-hydrogen) atoms. The van der Waals surface area contributed by atoms with E-state index in [1.54, 1.807) is 11.4 Å². The number of benzene rings is 1. The van der Waals surface area contributed by atoms with Gasteiger partial charge in [-0.15, -0.1) is 11.3 Å². The standard InChI is InChI=1S/C15H11ClFNO2S/c16-12-9-11(4-5-13(12)17)18-15(20)14-10(6-8-21-14)3-1-2-7-19/h4-6,8-9,19H,2,7H2,(H,18,20). The molecular weight excluding hydrogens is 313 g/mol. The Kier molecular flexibility index (Phi) is 5.34. The van der Waals surface area contributed by atoms with Crippen LogP contribution in [0.5, 0.6) is 0 Å². The minimum absolute atomic E-state index is 0.0211. The van der Waals surface area contributed by atoms with Crippen LogP contribution >= 0.6 is 22.9 Å². The molecule has 0 saturated heterocycles. The Balaban J connectivity index is 2.16. The van der Waals surface area contributed by atoms with Crippen LogP contribution < -0.4 is 5.32 Å². The molecule has 2 rings (SSSR count). The van der Waals surface area contributed by atoms with E-state index in [-0.39, 0.29) is 17.5 Å².